The standard InChI is InChI=1S/C18H19ClN4O2S/c1-4-6-14-21-22-18(26-14)20-17(25)12-9-23(5-2)15-10(3)13(19)8-7-11(15)16(12)24/h7-9H,4-6H2,1-3H3,(H,20,22,25). The Morgan fingerprint density at radius 3 is 2.77 bits per heavy atom. The zero-order chi connectivity index (χ0) is 18.8. The Labute approximate surface area is 159 Å². The number of rotatable bonds is 5. The molecule has 0 aliphatic carbocycles. The van der Waals surface area contributed by atoms with Crippen molar-refractivity contribution in [1.82, 2.24) is 14.8 Å². The molecule has 0 bridgehead atoms. The van der Waals surface area contributed by atoms with E-state index < -0.39 is 5.91 Å². The van der Waals surface area contributed by atoms with Gasteiger partial charge in [0.25, 0.3) is 5.91 Å². The molecular formula is C18H19ClN4O2S. The lowest BCUT2D eigenvalue weighted by Crippen LogP contribution is -2.24. The van der Waals surface area contributed by atoms with Crippen LogP contribution in [0.1, 0.15) is 41.2 Å². The van der Waals surface area contributed by atoms with E-state index in [4.69, 9.17) is 11.6 Å². The predicted molar refractivity (Wildman–Crippen MR) is 105 cm³/mol. The molecule has 6 nitrogen and oxygen atoms in total. The second kappa shape index (κ2) is 7.55. The number of aromatic nitrogens is 3. The summed E-state index contributed by atoms with van der Waals surface area (Å²) in [6, 6.07) is 3.35. The van der Waals surface area contributed by atoms with Gasteiger partial charge in [0.2, 0.25) is 10.6 Å². The number of anilines is 1. The third kappa shape index (κ3) is 3.37. The van der Waals surface area contributed by atoms with Gasteiger partial charge >= 0.3 is 0 Å². The fourth-order valence-electron chi connectivity index (χ4n) is 2.85. The Kier molecular flexibility index (Phi) is 5.38. The molecule has 1 N–H and O–H groups in total. The van der Waals surface area contributed by atoms with E-state index in [-0.39, 0.29) is 11.0 Å². The summed E-state index contributed by atoms with van der Waals surface area (Å²) in [7, 11) is 0. The van der Waals surface area contributed by atoms with Gasteiger partial charge in [0.1, 0.15) is 10.6 Å². The molecule has 26 heavy (non-hydrogen) atoms. The van der Waals surface area contributed by atoms with Gasteiger partial charge < -0.3 is 4.57 Å². The lowest BCUT2D eigenvalue weighted by Gasteiger charge is -2.14. The summed E-state index contributed by atoms with van der Waals surface area (Å²) >= 11 is 7.52. The first-order chi connectivity index (χ1) is 12.5. The van der Waals surface area contributed by atoms with E-state index in [0.717, 1.165) is 28.9 Å². The van der Waals surface area contributed by atoms with E-state index in [1.165, 1.54) is 11.3 Å². The summed E-state index contributed by atoms with van der Waals surface area (Å²) in [6.45, 7) is 6.48. The summed E-state index contributed by atoms with van der Waals surface area (Å²) in [5.41, 5.74) is 1.33. The van der Waals surface area contributed by atoms with Crippen LogP contribution in [-0.2, 0) is 13.0 Å². The Bertz CT molecular complexity index is 1040. The van der Waals surface area contributed by atoms with Crippen LogP contribution in [0.15, 0.2) is 23.1 Å². The van der Waals surface area contributed by atoms with Crippen LogP contribution >= 0.6 is 22.9 Å². The first kappa shape index (κ1) is 18.5. The minimum atomic E-state index is -0.481. The molecule has 1 amide bonds. The number of hydrogen-bond acceptors (Lipinski definition) is 5. The minimum absolute atomic E-state index is 0.0771. The van der Waals surface area contributed by atoms with Crippen molar-refractivity contribution in [1.29, 1.82) is 0 Å². The maximum atomic E-state index is 12.8. The maximum Gasteiger partial charge on any atom is 0.262 e. The zero-order valence-electron chi connectivity index (χ0n) is 14.8. The van der Waals surface area contributed by atoms with E-state index in [2.05, 4.69) is 22.4 Å². The van der Waals surface area contributed by atoms with Crippen molar-refractivity contribution in [2.45, 2.75) is 40.2 Å². The predicted octanol–water partition coefficient (Wildman–Crippen LogP) is 4.04. The lowest BCUT2D eigenvalue weighted by atomic mass is 10.1. The van der Waals surface area contributed by atoms with Crippen molar-refractivity contribution in [2.24, 2.45) is 0 Å². The third-order valence-corrected chi connectivity index (χ3v) is 5.47. The summed E-state index contributed by atoms with van der Waals surface area (Å²) in [6.07, 6.45) is 3.35. The Morgan fingerprint density at radius 1 is 1.31 bits per heavy atom. The van der Waals surface area contributed by atoms with E-state index in [1.807, 2.05) is 18.4 Å². The maximum absolute atomic E-state index is 12.8. The van der Waals surface area contributed by atoms with Crippen molar-refractivity contribution in [3.05, 3.63) is 49.7 Å². The van der Waals surface area contributed by atoms with Crippen molar-refractivity contribution in [2.75, 3.05) is 5.32 Å². The third-order valence-electron chi connectivity index (χ3n) is 4.16. The van der Waals surface area contributed by atoms with E-state index in [1.54, 1.807) is 18.3 Å². The van der Waals surface area contributed by atoms with Crippen molar-refractivity contribution in [3.8, 4) is 0 Å². The molecule has 0 aliphatic heterocycles. The molecule has 0 atom stereocenters. The minimum Gasteiger partial charge on any atom is -0.346 e. The molecule has 3 rings (SSSR count). The quantitative estimate of drug-likeness (QED) is 0.713. The van der Waals surface area contributed by atoms with Crippen LogP contribution in [0.3, 0.4) is 0 Å². The van der Waals surface area contributed by atoms with Gasteiger partial charge in [-0.05, 0) is 38.0 Å². The number of carbonyl (C=O) groups is 1. The summed E-state index contributed by atoms with van der Waals surface area (Å²) in [5.74, 6) is -0.481. The van der Waals surface area contributed by atoms with Crippen LogP contribution in [-0.4, -0.2) is 20.7 Å². The molecule has 3 aromatic rings. The second-order valence-corrected chi connectivity index (χ2v) is 7.40. The first-order valence-corrected chi connectivity index (χ1v) is 9.61. The molecule has 0 saturated carbocycles. The highest BCUT2D eigenvalue weighted by atomic mass is 35.5. The molecule has 136 valence electrons. The molecule has 8 heteroatoms. The number of benzene rings is 1. The Balaban J connectivity index is 2.04. The Morgan fingerprint density at radius 2 is 2.08 bits per heavy atom. The van der Waals surface area contributed by atoms with Crippen molar-refractivity contribution < 1.29 is 4.79 Å². The second-order valence-electron chi connectivity index (χ2n) is 5.93. The number of pyridine rings is 1. The average Bonchev–Trinajstić information content (AvgIpc) is 3.05. The van der Waals surface area contributed by atoms with Gasteiger partial charge in [-0.15, -0.1) is 10.2 Å². The SMILES string of the molecule is CCCc1nnc(NC(=O)c2cn(CC)c3c(C)c(Cl)ccc3c2=O)s1. The van der Waals surface area contributed by atoms with Gasteiger partial charge in [0, 0.05) is 29.6 Å². The van der Waals surface area contributed by atoms with Gasteiger partial charge in [-0.2, -0.15) is 0 Å². The number of carbonyl (C=O) groups excluding carboxylic acids is 1. The average molecular weight is 391 g/mol. The lowest BCUT2D eigenvalue weighted by molar-refractivity contribution is 0.102. The molecule has 0 fully saturated rings. The number of hydrogen-bond donors (Lipinski definition) is 1. The van der Waals surface area contributed by atoms with E-state index in [0.29, 0.717) is 22.1 Å². The van der Waals surface area contributed by atoms with Gasteiger partial charge in [-0.25, -0.2) is 0 Å². The monoisotopic (exact) mass is 390 g/mol. The molecule has 1 aromatic carbocycles. The number of aryl methyl sites for hydroxylation is 3. The molecule has 0 saturated heterocycles. The highest BCUT2D eigenvalue weighted by Gasteiger charge is 2.18. The van der Waals surface area contributed by atoms with E-state index >= 15 is 0 Å². The van der Waals surface area contributed by atoms with Crippen molar-refractivity contribution >= 4 is 44.9 Å². The number of amides is 1. The van der Waals surface area contributed by atoms with Crippen LogP contribution in [0.5, 0.6) is 0 Å². The number of halogens is 1. The van der Waals surface area contributed by atoms with Crippen LogP contribution in [0.2, 0.25) is 5.02 Å². The highest BCUT2D eigenvalue weighted by molar-refractivity contribution is 7.15. The molecule has 0 spiro atoms. The number of nitrogens with zero attached hydrogens (tertiary/aromatic N) is 3. The van der Waals surface area contributed by atoms with Crippen LogP contribution < -0.4 is 10.7 Å². The molecule has 0 aliphatic rings. The molecule has 0 radical (unpaired) electrons. The number of nitrogens with one attached hydrogen (secondary N) is 1. The summed E-state index contributed by atoms with van der Waals surface area (Å²) in [4.78, 5) is 25.5. The van der Waals surface area contributed by atoms with Crippen molar-refractivity contribution in [3.63, 3.8) is 0 Å². The van der Waals surface area contributed by atoms with Gasteiger partial charge in [0.15, 0.2) is 0 Å². The van der Waals surface area contributed by atoms with Gasteiger partial charge in [-0.3, -0.25) is 14.9 Å². The van der Waals surface area contributed by atoms with Gasteiger partial charge in [0.05, 0.1) is 5.52 Å². The van der Waals surface area contributed by atoms with E-state index in [9.17, 15) is 9.59 Å². The summed E-state index contributed by atoms with van der Waals surface area (Å²) in [5, 5.41) is 13.0. The first-order valence-electron chi connectivity index (χ1n) is 8.42. The molecular weight excluding hydrogens is 372 g/mol. The normalized spacial score (nSPS) is 11.1. The smallest absolute Gasteiger partial charge is 0.262 e. The molecule has 2 aromatic heterocycles. The fraction of sp³-hybridized carbons (Fsp3) is 0.333. The molecule has 2 heterocycles. The number of fused-ring (bicyclic) bond motifs is 1. The highest BCUT2D eigenvalue weighted by Crippen LogP contribution is 2.24. The van der Waals surface area contributed by atoms with Crippen LogP contribution in [0, 0.1) is 6.92 Å². The largest absolute Gasteiger partial charge is 0.346 e. The fourth-order valence-corrected chi connectivity index (χ4v) is 3.84. The zero-order valence-corrected chi connectivity index (χ0v) is 16.4. The Hall–Kier alpha value is -2.25. The van der Waals surface area contributed by atoms with Crippen LogP contribution in [0.4, 0.5) is 5.13 Å². The summed E-state index contributed by atoms with van der Waals surface area (Å²) < 4.78 is 1.87. The van der Waals surface area contributed by atoms with Crippen LogP contribution in [0.25, 0.3) is 10.9 Å². The topological polar surface area (TPSA) is 76.9 Å². The molecule has 0 unspecified atom stereocenters. The van der Waals surface area contributed by atoms with Gasteiger partial charge in [-0.1, -0.05) is 29.9 Å².